The number of aliphatic hydroxyl groups excluding tert-OH is 1. The van der Waals surface area contributed by atoms with Crippen LogP contribution in [0.1, 0.15) is 11.9 Å². The molecule has 0 saturated carbocycles. The molecule has 7 nitrogen and oxygen atoms in total. The van der Waals surface area contributed by atoms with E-state index in [1.165, 1.54) is 0 Å². The predicted molar refractivity (Wildman–Crippen MR) is 38.6 cm³/mol. The van der Waals surface area contributed by atoms with Gasteiger partial charge in [0.25, 0.3) is 0 Å². The molecule has 1 rings (SSSR count). The van der Waals surface area contributed by atoms with Gasteiger partial charge in [0.15, 0.2) is 5.82 Å². The van der Waals surface area contributed by atoms with Crippen LogP contribution in [0.4, 0.5) is 5.95 Å². The van der Waals surface area contributed by atoms with Gasteiger partial charge in [-0.1, -0.05) is 0 Å². The predicted octanol–water partition coefficient (Wildman–Crippen LogP) is -2.43. The van der Waals surface area contributed by atoms with Gasteiger partial charge in [0, 0.05) is 0 Å². The summed E-state index contributed by atoms with van der Waals surface area (Å²) < 4.78 is 1.04. The molecule has 1 aromatic heterocycles. The minimum absolute atomic E-state index is 0.0731. The summed E-state index contributed by atoms with van der Waals surface area (Å²) in [6, 6.07) is -0.634. The lowest BCUT2D eigenvalue weighted by atomic mass is 10.3. The molecule has 0 radical (unpaired) electrons. The highest BCUT2D eigenvalue weighted by Crippen LogP contribution is 2.05. The van der Waals surface area contributed by atoms with Gasteiger partial charge in [-0.05, 0) is 0 Å². The fourth-order valence-corrected chi connectivity index (χ4v) is 0.651. The van der Waals surface area contributed by atoms with Gasteiger partial charge in [0.1, 0.15) is 0 Å². The summed E-state index contributed by atoms with van der Waals surface area (Å²) >= 11 is 0. The smallest absolute Gasteiger partial charge is 0.240 e. The Bertz CT molecular complexity index is 245. The van der Waals surface area contributed by atoms with Crippen molar-refractivity contribution in [3.05, 3.63) is 5.82 Å². The third-order valence-electron chi connectivity index (χ3n) is 1.28. The molecule has 0 fully saturated rings. The summed E-state index contributed by atoms with van der Waals surface area (Å²) in [6.45, 7) is -0.241. The Labute approximate surface area is 62.8 Å². The van der Waals surface area contributed by atoms with Gasteiger partial charge in [-0.25, -0.2) is 4.68 Å². The molecule has 7 N–H and O–H groups in total. The Hall–Kier alpha value is -1.34. The number of aliphatic hydroxyl groups is 1. The molecule has 0 unspecified atom stereocenters. The average molecular weight is 158 g/mol. The van der Waals surface area contributed by atoms with Crippen LogP contribution in [0.15, 0.2) is 0 Å². The molecule has 62 valence electrons. The van der Waals surface area contributed by atoms with Crippen LogP contribution in [0.3, 0.4) is 0 Å². The van der Waals surface area contributed by atoms with Crippen molar-refractivity contribution >= 4 is 5.95 Å². The Balaban J connectivity index is 2.94. The molecule has 1 heterocycles. The monoisotopic (exact) mass is 158 g/mol. The number of aromatic nitrogens is 3. The van der Waals surface area contributed by atoms with Gasteiger partial charge in [-0.3, -0.25) is 0 Å². The molecule has 0 bridgehead atoms. The lowest BCUT2D eigenvalue weighted by Crippen LogP contribution is -2.24. The van der Waals surface area contributed by atoms with E-state index in [-0.39, 0.29) is 18.4 Å². The van der Waals surface area contributed by atoms with E-state index in [9.17, 15) is 0 Å². The van der Waals surface area contributed by atoms with E-state index in [2.05, 4.69) is 10.2 Å². The van der Waals surface area contributed by atoms with Crippen LogP contribution in [0.5, 0.6) is 0 Å². The van der Waals surface area contributed by atoms with Crippen molar-refractivity contribution in [2.75, 3.05) is 18.2 Å². The number of rotatable bonds is 2. The normalized spacial score (nSPS) is 13.3. The molecule has 1 aromatic rings. The SMILES string of the molecule is Nc1nnc([C@H](N)CO)n1N. The molecule has 0 aliphatic carbocycles. The van der Waals surface area contributed by atoms with Crippen molar-refractivity contribution in [1.82, 2.24) is 14.9 Å². The summed E-state index contributed by atoms with van der Waals surface area (Å²) in [5.74, 6) is 5.70. The van der Waals surface area contributed by atoms with Crippen LogP contribution in [-0.4, -0.2) is 26.6 Å². The number of anilines is 1. The van der Waals surface area contributed by atoms with Crippen LogP contribution < -0.4 is 17.3 Å². The van der Waals surface area contributed by atoms with E-state index in [0.29, 0.717) is 0 Å². The highest BCUT2D eigenvalue weighted by Gasteiger charge is 2.13. The fraction of sp³-hybridized carbons (Fsp3) is 0.500. The Morgan fingerprint density at radius 3 is 2.55 bits per heavy atom. The third-order valence-corrected chi connectivity index (χ3v) is 1.28. The number of nitrogen functional groups attached to an aromatic ring is 2. The summed E-state index contributed by atoms with van der Waals surface area (Å²) in [5.41, 5.74) is 10.7. The van der Waals surface area contributed by atoms with Crippen molar-refractivity contribution in [2.24, 2.45) is 5.73 Å². The minimum Gasteiger partial charge on any atom is -0.394 e. The van der Waals surface area contributed by atoms with Crippen LogP contribution >= 0.6 is 0 Å². The first kappa shape index (κ1) is 7.76. The first-order valence-electron chi connectivity index (χ1n) is 2.99. The zero-order valence-electron chi connectivity index (χ0n) is 5.81. The maximum atomic E-state index is 8.62. The highest BCUT2D eigenvalue weighted by molar-refractivity contribution is 5.18. The van der Waals surface area contributed by atoms with Crippen molar-refractivity contribution in [3.8, 4) is 0 Å². The van der Waals surface area contributed by atoms with Crippen molar-refractivity contribution in [2.45, 2.75) is 6.04 Å². The van der Waals surface area contributed by atoms with Crippen molar-refractivity contribution < 1.29 is 5.11 Å². The highest BCUT2D eigenvalue weighted by atomic mass is 16.3. The number of nitrogens with two attached hydrogens (primary N) is 3. The van der Waals surface area contributed by atoms with Gasteiger partial charge in [-0.2, -0.15) is 0 Å². The zero-order valence-corrected chi connectivity index (χ0v) is 5.81. The molecule has 0 aliphatic heterocycles. The first-order chi connectivity index (χ1) is 5.16. The Kier molecular flexibility index (Phi) is 1.92. The van der Waals surface area contributed by atoms with E-state index < -0.39 is 6.04 Å². The molecule has 11 heavy (non-hydrogen) atoms. The second kappa shape index (κ2) is 2.72. The fourth-order valence-electron chi connectivity index (χ4n) is 0.651. The summed E-state index contributed by atoms with van der Waals surface area (Å²) in [5, 5.41) is 15.6. The standard InChI is InChI=1S/C4H10N6O/c5-2(1-11)3-8-9-4(6)10(3)7/h2,11H,1,5,7H2,(H2,6,9)/t2-/m1/s1. The van der Waals surface area contributed by atoms with Crippen molar-refractivity contribution in [3.63, 3.8) is 0 Å². The summed E-state index contributed by atoms with van der Waals surface area (Å²) in [4.78, 5) is 0. The van der Waals surface area contributed by atoms with Gasteiger partial charge >= 0.3 is 0 Å². The van der Waals surface area contributed by atoms with E-state index in [1.807, 2.05) is 0 Å². The first-order valence-corrected chi connectivity index (χ1v) is 2.99. The van der Waals surface area contributed by atoms with Gasteiger partial charge < -0.3 is 22.4 Å². The van der Waals surface area contributed by atoms with E-state index in [1.54, 1.807) is 0 Å². The van der Waals surface area contributed by atoms with E-state index in [4.69, 9.17) is 22.4 Å². The number of hydrogen-bond acceptors (Lipinski definition) is 6. The van der Waals surface area contributed by atoms with Gasteiger partial charge in [-0.15, -0.1) is 10.2 Å². The van der Waals surface area contributed by atoms with Gasteiger partial charge in [0.05, 0.1) is 12.6 Å². The third kappa shape index (κ3) is 1.23. The Morgan fingerprint density at radius 2 is 2.18 bits per heavy atom. The number of nitrogens with zero attached hydrogens (tertiary/aromatic N) is 3. The summed E-state index contributed by atoms with van der Waals surface area (Å²) in [6.07, 6.45) is 0. The van der Waals surface area contributed by atoms with Gasteiger partial charge in [0.2, 0.25) is 5.95 Å². The van der Waals surface area contributed by atoms with Crippen LogP contribution in [-0.2, 0) is 0 Å². The molecule has 0 saturated heterocycles. The number of hydrogen-bond donors (Lipinski definition) is 4. The molecular formula is C4H10N6O. The minimum atomic E-state index is -0.634. The molecular weight excluding hydrogens is 148 g/mol. The average Bonchev–Trinajstić information content (AvgIpc) is 2.32. The maximum Gasteiger partial charge on any atom is 0.240 e. The lowest BCUT2D eigenvalue weighted by Gasteiger charge is -2.05. The quantitative estimate of drug-likeness (QED) is 0.354. The molecule has 0 amide bonds. The van der Waals surface area contributed by atoms with Crippen molar-refractivity contribution in [1.29, 1.82) is 0 Å². The molecule has 0 aromatic carbocycles. The Morgan fingerprint density at radius 1 is 1.55 bits per heavy atom. The second-order valence-electron chi connectivity index (χ2n) is 2.08. The molecule has 0 aliphatic rings. The zero-order chi connectivity index (χ0) is 8.43. The summed E-state index contributed by atoms with van der Waals surface area (Å²) in [7, 11) is 0. The lowest BCUT2D eigenvalue weighted by molar-refractivity contribution is 0.262. The largest absolute Gasteiger partial charge is 0.394 e. The van der Waals surface area contributed by atoms with Crippen LogP contribution in [0.2, 0.25) is 0 Å². The van der Waals surface area contributed by atoms with Crippen LogP contribution in [0.25, 0.3) is 0 Å². The van der Waals surface area contributed by atoms with E-state index in [0.717, 1.165) is 4.68 Å². The topological polar surface area (TPSA) is 129 Å². The molecule has 1 atom stereocenters. The maximum absolute atomic E-state index is 8.62. The van der Waals surface area contributed by atoms with Crippen LogP contribution in [0, 0.1) is 0 Å². The molecule has 0 spiro atoms. The van der Waals surface area contributed by atoms with E-state index >= 15 is 0 Å². The molecule has 7 heteroatoms. The second-order valence-corrected chi connectivity index (χ2v) is 2.08.